The topological polar surface area (TPSA) is 107 Å². The van der Waals surface area contributed by atoms with Gasteiger partial charge in [-0.1, -0.05) is 0 Å². The molecule has 0 spiro atoms. The van der Waals surface area contributed by atoms with Crippen molar-refractivity contribution in [1.29, 1.82) is 0 Å². The minimum atomic E-state index is -0.949. The van der Waals surface area contributed by atoms with Crippen LogP contribution in [0.1, 0.15) is 28.8 Å². The van der Waals surface area contributed by atoms with Gasteiger partial charge in [-0.05, 0) is 61.7 Å². The van der Waals surface area contributed by atoms with Gasteiger partial charge in [0.2, 0.25) is 5.75 Å². The SMILES string of the molecule is COc1cc(-c2[nH]c3ccc(C(=O)O)cc3c2CCCCN)cc(OC)c1OC. The number of aromatic carboxylic acids is 1. The molecule has 0 amide bonds. The van der Waals surface area contributed by atoms with E-state index in [-0.39, 0.29) is 5.56 Å². The molecule has 0 aliphatic rings. The number of aromatic amines is 1. The third kappa shape index (κ3) is 4.00. The van der Waals surface area contributed by atoms with Crippen LogP contribution in [0.2, 0.25) is 0 Å². The highest BCUT2D eigenvalue weighted by molar-refractivity contribution is 5.97. The van der Waals surface area contributed by atoms with Crippen molar-refractivity contribution in [1.82, 2.24) is 4.98 Å². The van der Waals surface area contributed by atoms with Crippen LogP contribution < -0.4 is 19.9 Å². The molecule has 0 unspecified atom stereocenters. The van der Waals surface area contributed by atoms with Crippen molar-refractivity contribution in [3.8, 4) is 28.5 Å². The molecule has 0 radical (unpaired) electrons. The maximum Gasteiger partial charge on any atom is 0.335 e. The molecule has 1 aromatic heterocycles. The van der Waals surface area contributed by atoms with Gasteiger partial charge in [0.25, 0.3) is 0 Å². The van der Waals surface area contributed by atoms with Crippen LogP contribution >= 0.6 is 0 Å². The number of ether oxygens (including phenoxy) is 3. The molecule has 3 aromatic rings. The zero-order chi connectivity index (χ0) is 21.0. The predicted octanol–water partition coefficient (Wildman–Crippen LogP) is 3.84. The van der Waals surface area contributed by atoms with Crippen LogP contribution in [0.25, 0.3) is 22.2 Å². The lowest BCUT2D eigenvalue weighted by molar-refractivity contribution is 0.0697. The van der Waals surface area contributed by atoms with Gasteiger partial charge in [0.15, 0.2) is 11.5 Å². The van der Waals surface area contributed by atoms with Gasteiger partial charge in [-0.2, -0.15) is 0 Å². The molecule has 154 valence electrons. The monoisotopic (exact) mass is 398 g/mol. The molecule has 0 fully saturated rings. The number of aryl methyl sites for hydroxylation is 1. The number of H-pyrrole nitrogens is 1. The molecule has 7 nitrogen and oxygen atoms in total. The number of rotatable bonds is 9. The molecule has 29 heavy (non-hydrogen) atoms. The third-order valence-corrected chi connectivity index (χ3v) is 4.99. The van der Waals surface area contributed by atoms with Crippen molar-refractivity contribution in [3.63, 3.8) is 0 Å². The van der Waals surface area contributed by atoms with Crippen molar-refractivity contribution >= 4 is 16.9 Å². The van der Waals surface area contributed by atoms with Crippen molar-refractivity contribution in [2.45, 2.75) is 19.3 Å². The highest BCUT2D eigenvalue weighted by Gasteiger charge is 2.19. The number of hydrogen-bond acceptors (Lipinski definition) is 5. The molecule has 4 N–H and O–H groups in total. The second kappa shape index (κ2) is 8.87. The van der Waals surface area contributed by atoms with Gasteiger partial charge in [-0.25, -0.2) is 4.79 Å². The lowest BCUT2D eigenvalue weighted by atomic mass is 9.99. The fraction of sp³-hybridized carbons (Fsp3) is 0.318. The fourth-order valence-corrected chi connectivity index (χ4v) is 3.56. The van der Waals surface area contributed by atoms with E-state index >= 15 is 0 Å². The molecule has 0 aliphatic carbocycles. The number of hydrogen-bond donors (Lipinski definition) is 3. The number of nitrogens with two attached hydrogens (primary N) is 1. The number of unbranched alkanes of at least 4 members (excludes halogenated alkanes) is 1. The summed E-state index contributed by atoms with van der Waals surface area (Å²) in [5.41, 5.74) is 9.62. The number of aromatic nitrogens is 1. The Hall–Kier alpha value is -3.19. The summed E-state index contributed by atoms with van der Waals surface area (Å²) in [4.78, 5) is 14.9. The number of carboxylic acids is 1. The van der Waals surface area contributed by atoms with Crippen LogP contribution in [0.4, 0.5) is 0 Å². The Balaban J connectivity index is 2.22. The molecule has 3 rings (SSSR count). The highest BCUT2D eigenvalue weighted by Crippen LogP contribution is 2.43. The normalized spacial score (nSPS) is 10.9. The summed E-state index contributed by atoms with van der Waals surface area (Å²) in [6.45, 7) is 0.613. The largest absolute Gasteiger partial charge is 0.493 e. The molecular formula is C22H26N2O5. The van der Waals surface area contributed by atoms with Gasteiger partial charge in [-0.3, -0.25) is 0 Å². The quantitative estimate of drug-likeness (QED) is 0.473. The molecular weight excluding hydrogens is 372 g/mol. The van der Waals surface area contributed by atoms with Crippen LogP contribution in [0.5, 0.6) is 17.2 Å². The third-order valence-electron chi connectivity index (χ3n) is 4.99. The Kier molecular flexibility index (Phi) is 6.29. The summed E-state index contributed by atoms with van der Waals surface area (Å²) in [6.07, 6.45) is 2.56. The maximum absolute atomic E-state index is 11.5. The highest BCUT2D eigenvalue weighted by atomic mass is 16.5. The summed E-state index contributed by atoms with van der Waals surface area (Å²) in [7, 11) is 4.72. The van der Waals surface area contributed by atoms with Crippen LogP contribution in [0.15, 0.2) is 30.3 Å². The molecule has 0 aliphatic heterocycles. The van der Waals surface area contributed by atoms with E-state index in [0.717, 1.165) is 47.0 Å². The van der Waals surface area contributed by atoms with E-state index in [1.165, 1.54) is 0 Å². The Morgan fingerprint density at radius 3 is 2.28 bits per heavy atom. The van der Waals surface area contributed by atoms with E-state index in [1.807, 2.05) is 12.1 Å². The van der Waals surface area contributed by atoms with Crippen LogP contribution in [-0.4, -0.2) is 43.9 Å². The van der Waals surface area contributed by atoms with Crippen molar-refractivity contribution < 1.29 is 24.1 Å². The van der Waals surface area contributed by atoms with E-state index in [9.17, 15) is 9.90 Å². The molecule has 2 aromatic carbocycles. The number of carboxylic acid groups (broad SMARTS) is 1. The number of fused-ring (bicyclic) bond motifs is 1. The van der Waals surface area contributed by atoms with Crippen LogP contribution in [0.3, 0.4) is 0 Å². The van der Waals surface area contributed by atoms with Gasteiger partial charge in [0.1, 0.15) is 0 Å². The minimum absolute atomic E-state index is 0.257. The standard InChI is InChI=1S/C22H26N2O5/c1-27-18-11-14(12-19(28-2)21(18)29-3)20-15(6-4-5-9-23)16-10-13(22(25)26)7-8-17(16)24-20/h7-8,10-12,24H,4-6,9,23H2,1-3H3,(H,25,26). The molecule has 0 bridgehead atoms. The average molecular weight is 398 g/mol. The van der Waals surface area contributed by atoms with Gasteiger partial charge >= 0.3 is 5.97 Å². The second-order valence-electron chi connectivity index (χ2n) is 6.70. The number of benzene rings is 2. The van der Waals surface area contributed by atoms with Gasteiger partial charge in [-0.15, -0.1) is 0 Å². The second-order valence-corrected chi connectivity index (χ2v) is 6.70. The summed E-state index contributed by atoms with van der Waals surface area (Å²) < 4.78 is 16.4. The maximum atomic E-state index is 11.5. The van der Waals surface area contributed by atoms with Crippen molar-refractivity contribution in [2.24, 2.45) is 5.73 Å². The Morgan fingerprint density at radius 1 is 1.03 bits per heavy atom. The smallest absolute Gasteiger partial charge is 0.335 e. The zero-order valence-electron chi connectivity index (χ0n) is 16.9. The predicted molar refractivity (Wildman–Crippen MR) is 112 cm³/mol. The van der Waals surface area contributed by atoms with Crippen LogP contribution in [-0.2, 0) is 6.42 Å². The van der Waals surface area contributed by atoms with Gasteiger partial charge in [0.05, 0.1) is 26.9 Å². The van der Waals surface area contributed by atoms with E-state index in [2.05, 4.69) is 4.98 Å². The van der Waals surface area contributed by atoms with E-state index in [4.69, 9.17) is 19.9 Å². The van der Waals surface area contributed by atoms with Gasteiger partial charge in [0, 0.05) is 22.2 Å². The Labute approximate surface area is 169 Å². The first-order valence-electron chi connectivity index (χ1n) is 9.42. The molecule has 0 saturated carbocycles. The number of carbonyl (C=O) groups is 1. The van der Waals surface area contributed by atoms with Crippen molar-refractivity contribution in [2.75, 3.05) is 27.9 Å². The van der Waals surface area contributed by atoms with Crippen LogP contribution in [0, 0.1) is 0 Å². The number of methoxy groups -OCH3 is 3. The minimum Gasteiger partial charge on any atom is -0.493 e. The molecule has 1 heterocycles. The summed E-state index contributed by atoms with van der Waals surface area (Å²) in [6, 6.07) is 8.89. The van der Waals surface area contributed by atoms with Gasteiger partial charge < -0.3 is 30.0 Å². The molecule has 7 heteroatoms. The summed E-state index contributed by atoms with van der Waals surface area (Å²) in [5, 5.41) is 10.3. The van der Waals surface area contributed by atoms with E-state index < -0.39 is 5.97 Å². The lowest BCUT2D eigenvalue weighted by Crippen LogP contribution is -2.00. The Bertz CT molecular complexity index is 1000. The fourth-order valence-electron chi connectivity index (χ4n) is 3.56. The first-order chi connectivity index (χ1) is 14.0. The van der Waals surface area contributed by atoms with E-state index in [1.54, 1.807) is 39.5 Å². The van der Waals surface area contributed by atoms with E-state index in [0.29, 0.717) is 23.8 Å². The zero-order valence-corrected chi connectivity index (χ0v) is 16.9. The first kappa shape index (κ1) is 20.5. The lowest BCUT2D eigenvalue weighted by Gasteiger charge is -2.14. The molecule has 0 saturated heterocycles. The Morgan fingerprint density at radius 2 is 1.72 bits per heavy atom. The van der Waals surface area contributed by atoms with Crippen molar-refractivity contribution in [3.05, 3.63) is 41.5 Å². The number of nitrogens with one attached hydrogen (secondary N) is 1. The summed E-state index contributed by atoms with van der Waals surface area (Å²) in [5.74, 6) is 0.683. The average Bonchev–Trinajstić information content (AvgIpc) is 3.10. The summed E-state index contributed by atoms with van der Waals surface area (Å²) >= 11 is 0. The molecule has 0 atom stereocenters. The first-order valence-corrected chi connectivity index (χ1v) is 9.42.